The zero-order chi connectivity index (χ0) is 14.2. The first-order chi connectivity index (χ1) is 8.84. The lowest BCUT2D eigenvalue weighted by Crippen LogP contribution is -2.59. The SMILES string of the molecule is CC(C)CC1NC(=O)CN(CC2(C(C)C)CC2)C1=O. The first-order valence-electron chi connectivity index (χ1n) is 7.42. The molecule has 19 heavy (non-hydrogen) atoms. The molecule has 0 aromatic heterocycles. The lowest BCUT2D eigenvalue weighted by Gasteiger charge is -2.36. The third kappa shape index (κ3) is 3.10. The van der Waals surface area contributed by atoms with E-state index >= 15 is 0 Å². The van der Waals surface area contributed by atoms with Crippen LogP contribution in [-0.2, 0) is 9.59 Å². The van der Waals surface area contributed by atoms with Gasteiger partial charge in [-0.1, -0.05) is 27.7 Å². The van der Waals surface area contributed by atoms with Gasteiger partial charge in [-0.15, -0.1) is 0 Å². The highest BCUT2D eigenvalue weighted by molar-refractivity contribution is 5.94. The molecule has 2 aliphatic rings. The Labute approximate surface area is 115 Å². The fourth-order valence-corrected chi connectivity index (χ4v) is 3.00. The highest BCUT2D eigenvalue weighted by Crippen LogP contribution is 2.52. The van der Waals surface area contributed by atoms with E-state index in [2.05, 4.69) is 33.0 Å². The van der Waals surface area contributed by atoms with Gasteiger partial charge in [-0.2, -0.15) is 0 Å². The third-order valence-electron chi connectivity index (χ3n) is 4.61. The van der Waals surface area contributed by atoms with Gasteiger partial charge in [-0.3, -0.25) is 9.59 Å². The van der Waals surface area contributed by atoms with Gasteiger partial charge < -0.3 is 10.2 Å². The molecule has 0 radical (unpaired) electrons. The number of carbonyl (C=O) groups excluding carboxylic acids is 2. The Kier molecular flexibility index (Phi) is 3.88. The number of nitrogens with one attached hydrogen (secondary N) is 1. The van der Waals surface area contributed by atoms with Gasteiger partial charge in [0.2, 0.25) is 11.8 Å². The van der Waals surface area contributed by atoms with Crippen LogP contribution in [0.5, 0.6) is 0 Å². The summed E-state index contributed by atoms with van der Waals surface area (Å²) in [5.41, 5.74) is 0.273. The Balaban J connectivity index is 2.03. The zero-order valence-electron chi connectivity index (χ0n) is 12.5. The third-order valence-corrected chi connectivity index (χ3v) is 4.61. The van der Waals surface area contributed by atoms with Gasteiger partial charge in [-0.25, -0.2) is 0 Å². The molecular weight excluding hydrogens is 240 g/mol. The van der Waals surface area contributed by atoms with Crippen molar-refractivity contribution in [1.29, 1.82) is 0 Å². The van der Waals surface area contributed by atoms with Gasteiger partial charge in [0.25, 0.3) is 0 Å². The minimum atomic E-state index is -0.316. The molecule has 0 spiro atoms. The van der Waals surface area contributed by atoms with Crippen molar-refractivity contribution in [1.82, 2.24) is 10.2 Å². The van der Waals surface area contributed by atoms with Crippen molar-refractivity contribution >= 4 is 11.8 Å². The smallest absolute Gasteiger partial charge is 0.245 e. The number of amides is 2. The molecule has 108 valence electrons. The highest BCUT2D eigenvalue weighted by Gasteiger charge is 2.48. The number of rotatable bonds is 5. The van der Waals surface area contributed by atoms with E-state index in [1.165, 1.54) is 12.8 Å². The van der Waals surface area contributed by atoms with Crippen LogP contribution in [-0.4, -0.2) is 35.8 Å². The second kappa shape index (κ2) is 5.14. The van der Waals surface area contributed by atoms with Gasteiger partial charge in [0.15, 0.2) is 0 Å². The molecule has 0 aromatic rings. The van der Waals surface area contributed by atoms with E-state index in [4.69, 9.17) is 0 Å². The van der Waals surface area contributed by atoms with Crippen LogP contribution in [0.4, 0.5) is 0 Å². The average molecular weight is 266 g/mol. The summed E-state index contributed by atoms with van der Waals surface area (Å²) in [5, 5.41) is 2.83. The molecule has 1 N–H and O–H groups in total. The van der Waals surface area contributed by atoms with Crippen molar-refractivity contribution in [2.45, 2.75) is 53.0 Å². The van der Waals surface area contributed by atoms with E-state index in [1.807, 2.05) is 0 Å². The lowest BCUT2D eigenvalue weighted by molar-refractivity contribution is -0.145. The maximum absolute atomic E-state index is 12.4. The monoisotopic (exact) mass is 266 g/mol. The maximum atomic E-state index is 12.4. The van der Waals surface area contributed by atoms with Gasteiger partial charge in [0.1, 0.15) is 6.04 Å². The molecule has 4 nitrogen and oxygen atoms in total. The van der Waals surface area contributed by atoms with Crippen molar-refractivity contribution < 1.29 is 9.59 Å². The summed E-state index contributed by atoms with van der Waals surface area (Å²) in [6.07, 6.45) is 3.10. The molecule has 1 saturated heterocycles. The van der Waals surface area contributed by atoms with Crippen LogP contribution in [0.2, 0.25) is 0 Å². The molecule has 1 unspecified atom stereocenters. The minimum absolute atomic E-state index is 0.00944. The summed E-state index contributed by atoms with van der Waals surface area (Å²) in [5.74, 6) is 1.09. The molecule has 4 heteroatoms. The number of hydrogen-bond donors (Lipinski definition) is 1. The molecule has 2 amide bonds. The molecule has 1 saturated carbocycles. The Morgan fingerprint density at radius 2 is 1.89 bits per heavy atom. The van der Waals surface area contributed by atoms with Crippen LogP contribution in [0.3, 0.4) is 0 Å². The molecule has 2 fully saturated rings. The molecule has 1 aliphatic carbocycles. The summed E-state index contributed by atoms with van der Waals surface area (Å²) >= 11 is 0. The van der Waals surface area contributed by atoms with Crippen molar-refractivity contribution in [2.24, 2.45) is 17.3 Å². The van der Waals surface area contributed by atoms with Crippen molar-refractivity contribution in [3.8, 4) is 0 Å². The van der Waals surface area contributed by atoms with E-state index in [0.29, 0.717) is 11.8 Å². The normalized spacial score (nSPS) is 26.0. The molecule has 1 atom stereocenters. The largest absolute Gasteiger partial charge is 0.343 e. The van der Waals surface area contributed by atoms with Gasteiger partial charge >= 0.3 is 0 Å². The molecule has 1 aliphatic heterocycles. The minimum Gasteiger partial charge on any atom is -0.343 e. The Bertz CT molecular complexity index is 372. The first kappa shape index (κ1) is 14.4. The number of nitrogens with zero attached hydrogens (tertiary/aromatic N) is 1. The Hall–Kier alpha value is -1.06. The second-order valence-electron chi connectivity index (χ2n) is 6.96. The van der Waals surface area contributed by atoms with Gasteiger partial charge in [0.05, 0.1) is 6.54 Å². The van der Waals surface area contributed by atoms with Gasteiger partial charge in [0, 0.05) is 6.54 Å². The summed E-state index contributed by atoms with van der Waals surface area (Å²) in [6.45, 7) is 9.58. The van der Waals surface area contributed by atoms with Crippen molar-refractivity contribution in [2.75, 3.05) is 13.1 Å². The summed E-state index contributed by atoms with van der Waals surface area (Å²) < 4.78 is 0. The Morgan fingerprint density at radius 3 is 2.37 bits per heavy atom. The molecular formula is C15H26N2O2. The maximum Gasteiger partial charge on any atom is 0.245 e. The van der Waals surface area contributed by atoms with E-state index < -0.39 is 0 Å². The van der Waals surface area contributed by atoms with Crippen molar-refractivity contribution in [3.05, 3.63) is 0 Å². The lowest BCUT2D eigenvalue weighted by atomic mass is 9.91. The predicted octanol–water partition coefficient (Wildman–Crippen LogP) is 1.80. The standard InChI is InChI=1S/C15H26N2O2/c1-10(2)7-12-14(19)17(8-13(18)16-12)9-15(5-6-15)11(3)4/h10-12H,5-9H2,1-4H3,(H,16,18). The van der Waals surface area contributed by atoms with E-state index in [9.17, 15) is 9.59 Å². The van der Waals surface area contributed by atoms with Crippen LogP contribution in [0.15, 0.2) is 0 Å². The predicted molar refractivity (Wildman–Crippen MR) is 74.5 cm³/mol. The highest BCUT2D eigenvalue weighted by atomic mass is 16.2. The summed E-state index contributed by atoms with van der Waals surface area (Å²) in [6, 6.07) is -0.316. The Morgan fingerprint density at radius 1 is 1.26 bits per heavy atom. The average Bonchev–Trinajstić information content (AvgIpc) is 3.05. The fourth-order valence-electron chi connectivity index (χ4n) is 3.00. The van der Waals surface area contributed by atoms with Crippen LogP contribution in [0.1, 0.15) is 47.0 Å². The van der Waals surface area contributed by atoms with Crippen LogP contribution in [0, 0.1) is 17.3 Å². The molecule has 1 heterocycles. The number of carbonyl (C=O) groups is 2. The number of hydrogen-bond acceptors (Lipinski definition) is 2. The van der Waals surface area contributed by atoms with E-state index in [-0.39, 0.29) is 29.8 Å². The number of piperazine rings is 1. The van der Waals surface area contributed by atoms with E-state index in [1.54, 1.807) is 4.90 Å². The topological polar surface area (TPSA) is 49.4 Å². The van der Waals surface area contributed by atoms with Crippen LogP contribution < -0.4 is 5.32 Å². The second-order valence-corrected chi connectivity index (χ2v) is 6.96. The molecule has 2 rings (SSSR count). The first-order valence-corrected chi connectivity index (χ1v) is 7.42. The quantitative estimate of drug-likeness (QED) is 0.825. The van der Waals surface area contributed by atoms with E-state index in [0.717, 1.165) is 13.0 Å². The summed E-state index contributed by atoms with van der Waals surface area (Å²) in [4.78, 5) is 26.0. The van der Waals surface area contributed by atoms with Crippen LogP contribution in [0.25, 0.3) is 0 Å². The fraction of sp³-hybridized carbons (Fsp3) is 0.867. The van der Waals surface area contributed by atoms with Crippen LogP contribution >= 0.6 is 0 Å². The summed E-state index contributed by atoms with van der Waals surface area (Å²) in [7, 11) is 0. The van der Waals surface area contributed by atoms with Gasteiger partial charge in [-0.05, 0) is 36.5 Å². The molecule has 0 bridgehead atoms. The zero-order valence-corrected chi connectivity index (χ0v) is 12.5. The van der Waals surface area contributed by atoms with Crippen molar-refractivity contribution in [3.63, 3.8) is 0 Å². The molecule has 0 aromatic carbocycles.